The average molecular weight is 243 g/mol. The minimum Gasteiger partial charge on any atom is -0.0843 e. The normalized spacial score (nSPS) is 11.5. The molecule has 0 unspecified atom stereocenters. The van der Waals surface area contributed by atoms with Gasteiger partial charge in [-0.25, -0.2) is 0 Å². The largest absolute Gasteiger partial charge is 0.0843 e. The van der Waals surface area contributed by atoms with Crippen LogP contribution in [0.25, 0.3) is 5.57 Å². The molecule has 0 radical (unpaired) electrons. The molecular formula is C16H15Cl. The van der Waals surface area contributed by atoms with Gasteiger partial charge in [0.25, 0.3) is 0 Å². The molecule has 0 spiro atoms. The van der Waals surface area contributed by atoms with Gasteiger partial charge < -0.3 is 0 Å². The lowest BCUT2D eigenvalue weighted by Crippen LogP contribution is -1.87. The van der Waals surface area contributed by atoms with Gasteiger partial charge in [-0.05, 0) is 35.3 Å². The van der Waals surface area contributed by atoms with Crippen LogP contribution in [-0.2, 0) is 0 Å². The molecule has 0 bridgehead atoms. The van der Waals surface area contributed by atoms with Crippen LogP contribution in [0.15, 0.2) is 60.7 Å². The Morgan fingerprint density at radius 2 is 1.53 bits per heavy atom. The van der Waals surface area contributed by atoms with Gasteiger partial charge in [0.1, 0.15) is 0 Å². The highest BCUT2D eigenvalue weighted by Gasteiger charge is 2.03. The molecule has 0 amide bonds. The van der Waals surface area contributed by atoms with Crippen LogP contribution >= 0.6 is 11.6 Å². The van der Waals surface area contributed by atoms with Gasteiger partial charge in [0.15, 0.2) is 0 Å². The Bertz CT molecular complexity index is 495. The summed E-state index contributed by atoms with van der Waals surface area (Å²) in [6.45, 7) is 2.15. The second-order valence-electron chi connectivity index (χ2n) is 3.90. The molecule has 0 heterocycles. The molecule has 0 nitrogen and oxygen atoms in total. The molecule has 0 aliphatic carbocycles. The highest BCUT2D eigenvalue weighted by atomic mass is 35.5. The van der Waals surface area contributed by atoms with E-state index in [-0.39, 0.29) is 0 Å². The molecule has 2 aromatic rings. The van der Waals surface area contributed by atoms with Gasteiger partial charge in [-0.3, -0.25) is 0 Å². The monoisotopic (exact) mass is 242 g/mol. The summed E-state index contributed by atoms with van der Waals surface area (Å²) in [4.78, 5) is 0. The average Bonchev–Trinajstić information content (AvgIpc) is 2.38. The summed E-state index contributed by atoms with van der Waals surface area (Å²) in [6, 6.07) is 18.4. The van der Waals surface area contributed by atoms with E-state index < -0.39 is 0 Å². The van der Waals surface area contributed by atoms with Gasteiger partial charge in [-0.1, -0.05) is 67.1 Å². The van der Waals surface area contributed by atoms with Crippen LogP contribution in [0, 0.1) is 0 Å². The van der Waals surface area contributed by atoms with Crippen LogP contribution in [-0.4, -0.2) is 0 Å². The Hall–Kier alpha value is -1.53. The molecule has 17 heavy (non-hydrogen) atoms. The van der Waals surface area contributed by atoms with Crippen LogP contribution in [0.5, 0.6) is 0 Å². The third-order valence-corrected chi connectivity index (χ3v) is 2.90. The standard InChI is InChI=1S/C16H15Cl/c1-2-6-16(13-7-4-3-5-8-13)14-9-11-15(17)12-10-14/h3-12H,2H2,1H3/b16-6+. The van der Waals surface area contributed by atoms with E-state index in [2.05, 4.69) is 49.4 Å². The second kappa shape index (κ2) is 5.70. The van der Waals surface area contributed by atoms with Crippen LogP contribution in [0.3, 0.4) is 0 Å². The maximum absolute atomic E-state index is 5.92. The van der Waals surface area contributed by atoms with Crippen LogP contribution < -0.4 is 0 Å². The fourth-order valence-electron chi connectivity index (χ4n) is 1.85. The first-order valence-electron chi connectivity index (χ1n) is 5.83. The number of hydrogen-bond acceptors (Lipinski definition) is 0. The van der Waals surface area contributed by atoms with Gasteiger partial charge in [0.05, 0.1) is 0 Å². The summed E-state index contributed by atoms with van der Waals surface area (Å²) in [5.41, 5.74) is 3.73. The highest BCUT2D eigenvalue weighted by Crippen LogP contribution is 2.24. The fourth-order valence-corrected chi connectivity index (χ4v) is 1.98. The van der Waals surface area contributed by atoms with E-state index in [1.807, 2.05) is 18.2 Å². The number of hydrogen-bond donors (Lipinski definition) is 0. The van der Waals surface area contributed by atoms with Crippen molar-refractivity contribution in [2.45, 2.75) is 13.3 Å². The maximum Gasteiger partial charge on any atom is 0.0406 e. The van der Waals surface area contributed by atoms with Gasteiger partial charge in [0, 0.05) is 5.02 Å². The van der Waals surface area contributed by atoms with Crippen molar-refractivity contribution in [3.05, 3.63) is 76.8 Å². The fraction of sp³-hybridized carbons (Fsp3) is 0.125. The van der Waals surface area contributed by atoms with E-state index in [4.69, 9.17) is 11.6 Å². The zero-order chi connectivity index (χ0) is 12.1. The summed E-state index contributed by atoms with van der Waals surface area (Å²) in [5, 5.41) is 0.776. The van der Waals surface area contributed by atoms with E-state index >= 15 is 0 Å². The minimum absolute atomic E-state index is 0.776. The van der Waals surface area contributed by atoms with Crippen molar-refractivity contribution in [1.82, 2.24) is 0 Å². The van der Waals surface area contributed by atoms with Crippen molar-refractivity contribution in [3.8, 4) is 0 Å². The lowest BCUT2D eigenvalue weighted by atomic mass is 9.97. The quantitative estimate of drug-likeness (QED) is 0.696. The first-order valence-corrected chi connectivity index (χ1v) is 6.20. The van der Waals surface area contributed by atoms with Gasteiger partial charge in [0.2, 0.25) is 0 Å². The van der Waals surface area contributed by atoms with Gasteiger partial charge >= 0.3 is 0 Å². The smallest absolute Gasteiger partial charge is 0.0406 e. The molecule has 0 saturated heterocycles. The summed E-state index contributed by atoms with van der Waals surface area (Å²) >= 11 is 5.92. The maximum atomic E-state index is 5.92. The van der Waals surface area contributed by atoms with Crippen molar-refractivity contribution in [2.75, 3.05) is 0 Å². The molecule has 0 aliphatic heterocycles. The molecule has 0 aliphatic rings. The van der Waals surface area contributed by atoms with E-state index in [0.29, 0.717) is 0 Å². The van der Waals surface area contributed by atoms with Crippen molar-refractivity contribution in [2.24, 2.45) is 0 Å². The Labute approximate surface area is 108 Å². The topological polar surface area (TPSA) is 0 Å². The lowest BCUT2D eigenvalue weighted by molar-refractivity contribution is 1.22. The first-order chi connectivity index (χ1) is 8.31. The zero-order valence-corrected chi connectivity index (χ0v) is 10.6. The van der Waals surface area contributed by atoms with Crippen molar-refractivity contribution in [3.63, 3.8) is 0 Å². The number of halogens is 1. The van der Waals surface area contributed by atoms with Crippen LogP contribution in [0.1, 0.15) is 24.5 Å². The molecule has 0 atom stereocenters. The lowest BCUT2D eigenvalue weighted by Gasteiger charge is -2.08. The predicted octanol–water partition coefficient (Wildman–Crippen LogP) is 5.18. The Morgan fingerprint density at radius 3 is 2.12 bits per heavy atom. The summed E-state index contributed by atoms with van der Waals surface area (Å²) in [5.74, 6) is 0. The van der Waals surface area contributed by atoms with Gasteiger partial charge in [-0.15, -0.1) is 0 Å². The second-order valence-corrected chi connectivity index (χ2v) is 4.34. The molecule has 0 N–H and O–H groups in total. The molecular weight excluding hydrogens is 228 g/mol. The Balaban J connectivity index is 2.44. The first kappa shape index (κ1) is 11.9. The minimum atomic E-state index is 0.776. The predicted molar refractivity (Wildman–Crippen MR) is 75.3 cm³/mol. The molecule has 0 aromatic heterocycles. The molecule has 1 heteroatoms. The zero-order valence-electron chi connectivity index (χ0n) is 9.86. The summed E-state index contributed by atoms with van der Waals surface area (Å²) < 4.78 is 0. The summed E-state index contributed by atoms with van der Waals surface area (Å²) in [7, 11) is 0. The highest BCUT2D eigenvalue weighted by molar-refractivity contribution is 6.30. The number of allylic oxidation sites excluding steroid dienone is 1. The van der Waals surface area contributed by atoms with E-state index in [1.165, 1.54) is 16.7 Å². The number of benzene rings is 2. The molecule has 0 saturated carbocycles. The van der Waals surface area contributed by atoms with E-state index in [9.17, 15) is 0 Å². The van der Waals surface area contributed by atoms with Crippen molar-refractivity contribution in [1.29, 1.82) is 0 Å². The van der Waals surface area contributed by atoms with E-state index in [1.54, 1.807) is 0 Å². The van der Waals surface area contributed by atoms with E-state index in [0.717, 1.165) is 11.4 Å². The molecule has 2 rings (SSSR count). The molecule has 0 fully saturated rings. The third kappa shape index (κ3) is 2.98. The SMILES string of the molecule is CC/C=C(\c1ccccc1)c1ccc(Cl)cc1. The van der Waals surface area contributed by atoms with Crippen LogP contribution in [0.2, 0.25) is 5.02 Å². The molecule has 86 valence electrons. The number of rotatable bonds is 3. The van der Waals surface area contributed by atoms with Crippen molar-refractivity contribution < 1.29 is 0 Å². The molecule has 2 aromatic carbocycles. The Kier molecular flexibility index (Phi) is 4.00. The van der Waals surface area contributed by atoms with Gasteiger partial charge in [-0.2, -0.15) is 0 Å². The summed E-state index contributed by atoms with van der Waals surface area (Å²) in [6.07, 6.45) is 3.27. The third-order valence-electron chi connectivity index (χ3n) is 2.65. The Morgan fingerprint density at radius 1 is 0.941 bits per heavy atom. The van der Waals surface area contributed by atoms with Crippen molar-refractivity contribution >= 4 is 17.2 Å². The van der Waals surface area contributed by atoms with Crippen LogP contribution in [0.4, 0.5) is 0 Å².